The molecule has 154 valence electrons. The zero-order valence-corrected chi connectivity index (χ0v) is 18.8. The molecule has 27 heavy (non-hydrogen) atoms. The van der Waals surface area contributed by atoms with Crippen LogP contribution < -0.4 is 4.74 Å². The van der Waals surface area contributed by atoms with Gasteiger partial charge in [0, 0.05) is 5.92 Å². The van der Waals surface area contributed by atoms with E-state index < -0.39 is 0 Å². The third kappa shape index (κ3) is 7.49. The van der Waals surface area contributed by atoms with Crippen LogP contribution in [-0.2, 0) is 4.74 Å². The predicted octanol–water partition coefficient (Wildman–Crippen LogP) is 7.57. The van der Waals surface area contributed by atoms with Gasteiger partial charge in [0.25, 0.3) is 0 Å². The Morgan fingerprint density at radius 2 is 1.48 bits per heavy atom. The smallest absolute Gasteiger partial charge is 0.202 e. The SMILES string of the molecule is CC(C)C(Oc1ccc(C(CC(C)(C)C)C(C)C)cc1)OC1CCCCC1. The van der Waals surface area contributed by atoms with E-state index in [2.05, 4.69) is 72.7 Å². The molecule has 0 spiro atoms. The van der Waals surface area contributed by atoms with Gasteiger partial charge in [-0.1, -0.05) is 79.9 Å². The quantitative estimate of drug-likeness (QED) is 0.437. The van der Waals surface area contributed by atoms with Crippen molar-refractivity contribution in [3.63, 3.8) is 0 Å². The molecule has 1 aromatic carbocycles. The van der Waals surface area contributed by atoms with Crippen molar-refractivity contribution in [1.82, 2.24) is 0 Å². The lowest BCUT2D eigenvalue weighted by molar-refractivity contribution is -0.150. The Hall–Kier alpha value is -1.02. The third-order valence-corrected chi connectivity index (χ3v) is 5.62. The minimum absolute atomic E-state index is 0.158. The summed E-state index contributed by atoms with van der Waals surface area (Å²) >= 11 is 0. The van der Waals surface area contributed by atoms with Gasteiger partial charge in [-0.25, -0.2) is 0 Å². The van der Waals surface area contributed by atoms with Gasteiger partial charge in [-0.05, 0) is 54.2 Å². The molecule has 0 saturated heterocycles. The Morgan fingerprint density at radius 3 is 1.96 bits per heavy atom. The van der Waals surface area contributed by atoms with Crippen LogP contribution in [0, 0.1) is 17.3 Å². The van der Waals surface area contributed by atoms with Crippen LogP contribution in [0.5, 0.6) is 5.75 Å². The molecule has 2 nitrogen and oxygen atoms in total. The Bertz CT molecular complexity index is 532. The van der Waals surface area contributed by atoms with Gasteiger partial charge in [-0.15, -0.1) is 0 Å². The summed E-state index contributed by atoms with van der Waals surface area (Å²) in [6.45, 7) is 16.0. The van der Waals surface area contributed by atoms with Crippen molar-refractivity contribution in [2.24, 2.45) is 17.3 Å². The lowest BCUT2D eigenvalue weighted by Gasteiger charge is -2.31. The number of hydrogen-bond acceptors (Lipinski definition) is 2. The van der Waals surface area contributed by atoms with E-state index in [0.29, 0.717) is 29.3 Å². The Labute approximate surface area is 168 Å². The standard InChI is InChI=1S/C25H42O2/c1-18(2)23(17-25(5,6)7)20-13-15-22(16-14-20)27-24(19(3)4)26-21-11-9-8-10-12-21/h13-16,18-19,21,23-24H,8-12,17H2,1-7H3. The molecule has 0 bridgehead atoms. The van der Waals surface area contributed by atoms with Crippen LogP contribution in [0.3, 0.4) is 0 Å². The second-order valence-electron chi connectivity index (χ2n) is 10.3. The van der Waals surface area contributed by atoms with E-state index in [1.165, 1.54) is 44.1 Å². The minimum Gasteiger partial charge on any atom is -0.465 e. The molecule has 2 atom stereocenters. The summed E-state index contributed by atoms with van der Waals surface area (Å²) in [7, 11) is 0. The maximum Gasteiger partial charge on any atom is 0.202 e. The van der Waals surface area contributed by atoms with Gasteiger partial charge < -0.3 is 9.47 Å². The summed E-state index contributed by atoms with van der Waals surface area (Å²) in [4.78, 5) is 0. The molecule has 0 heterocycles. The van der Waals surface area contributed by atoms with E-state index in [-0.39, 0.29) is 6.29 Å². The van der Waals surface area contributed by atoms with Gasteiger partial charge in [-0.3, -0.25) is 0 Å². The maximum absolute atomic E-state index is 6.32. The van der Waals surface area contributed by atoms with Gasteiger partial charge in [0.1, 0.15) is 5.75 Å². The molecular weight excluding hydrogens is 332 g/mol. The first kappa shape index (κ1) is 22.3. The van der Waals surface area contributed by atoms with Crippen molar-refractivity contribution in [2.45, 2.75) is 105 Å². The molecule has 2 rings (SSSR count). The highest BCUT2D eigenvalue weighted by Gasteiger charge is 2.25. The first-order chi connectivity index (χ1) is 12.7. The number of rotatable bonds is 8. The van der Waals surface area contributed by atoms with Crippen LogP contribution in [0.2, 0.25) is 0 Å². The summed E-state index contributed by atoms with van der Waals surface area (Å²) in [5.74, 6) is 2.48. The minimum atomic E-state index is -0.158. The highest BCUT2D eigenvalue weighted by Crippen LogP contribution is 2.37. The molecule has 1 aliphatic carbocycles. The van der Waals surface area contributed by atoms with Crippen molar-refractivity contribution in [3.8, 4) is 5.75 Å². The second-order valence-corrected chi connectivity index (χ2v) is 10.3. The van der Waals surface area contributed by atoms with Crippen molar-refractivity contribution >= 4 is 0 Å². The van der Waals surface area contributed by atoms with E-state index in [1.807, 2.05) is 0 Å². The normalized spacial score (nSPS) is 18.7. The zero-order chi connectivity index (χ0) is 20.0. The molecule has 2 heteroatoms. The predicted molar refractivity (Wildman–Crippen MR) is 115 cm³/mol. The van der Waals surface area contributed by atoms with Crippen LogP contribution in [0.15, 0.2) is 24.3 Å². The van der Waals surface area contributed by atoms with Crippen LogP contribution in [0.1, 0.15) is 98.5 Å². The molecule has 2 unspecified atom stereocenters. The first-order valence-corrected chi connectivity index (χ1v) is 11.1. The van der Waals surface area contributed by atoms with Gasteiger partial charge in [-0.2, -0.15) is 0 Å². The molecule has 1 saturated carbocycles. The molecule has 0 amide bonds. The van der Waals surface area contributed by atoms with Crippen molar-refractivity contribution in [1.29, 1.82) is 0 Å². The van der Waals surface area contributed by atoms with Crippen LogP contribution in [0.25, 0.3) is 0 Å². The van der Waals surface area contributed by atoms with Crippen LogP contribution in [-0.4, -0.2) is 12.4 Å². The molecule has 1 aliphatic rings. The summed E-state index contributed by atoms with van der Waals surface area (Å²) in [6.07, 6.45) is 7.67. The van der Waals surface area contributed by atoms with Gasteiger partial charge in [0.15, 0.2) is 0 Å². The van der Waals surface area contributed by atoms with Crippen LogP contribution in [0.4, 0.5) is 0 Å². The van der Waals surface area contributed by atoms with Gasteiger partial charge in [0.05, 0.1) is 6.10 Å². The molecule has 0 N–H and O–H groups in total. The van der Waals surface area contributed by atoms with E-state index in [0.717, 1.165) is 5.75 Å². The van der Waals surface area contributed by atoms with E-state index in [1.54, 1.807) is 0 Å². The third-order valence-electron chi connectivity index (χ3n) is 5.62. The monoisotopic (exact) mass is 374 g/mol. The fourth-order valence-corrected chi connectivity index (χ4v) is 4.04. The lowest BCUT2D eigenvalue weighted by atomic mass is 9.76. The summed E-state index contributed by atoms with van der Waals surface area (Å²) < 4.78 is 12.6. The summed E-state index contributed by atoms with van der Waals surface area (Å²) in [6, 6.07) is 8.77. The Kier molecular flexibility index (Phi) is 8.21. The first-order valence-electron chi connectivity index (χ1n) is 11.1. The van der Waals surface area contributed by atoms with Crippen LogP contribution >= 0.6 is 0 Å². The van der Waals surface area contributed by atoms with Gasteiger partial charge in [0.2, 0.25) is 6.29 Å². The fraction of sp³-hybridized carbons (Fsp3) is 0.760. The van der Waals surface area contributed by atoms with E-state index in [9.17, 15) is 0 Å². The van der Waals surface area contributed by atoms with Crippen molar-refractivity contribution in [2.75, 3.05) is 0 Å². The molecule has 1 fully saturated rings. The Balaban J connectivity index is 2.03. The molecular formula is C25H42O2. The summed E-state index contributed by atoms with van der Waals surface area (Å²) in [5, 5.41) is 0. The molecule has 0 aromatic heterocycles. The largest absolute Gasteiger partial charge is 0.465 e. The topological polar surface area (TPSA) is 18.5 Å². The molecule has 0 radical (unpaired) electrons. The molecule has 1 aromatic rings. The number of ether oxygens (including phenoxy) is 2. The highest BCUT2D eigenvalue weighted by atomic mass is 16.7. The van der Waals surface area contributed by atoms with E-state index in [4.69, 9.17) is 9.47 Å². The highest BCUT2D eigenvalue weighted by molar-refractivity contribution is 5.30. The number of benzene rings is 1. The van der Waals surface area contributed by atoms with Gasteiger partial charge >= 0.3 is 0 Å². The average Bonchev–Trinajstić information content (AvgIpc) is 2.60. The van der Waals surface area contributed by atoms with Crippen molar-refractivity contribution in [3.05, 3.63) is 29.8 Å². The zero-order valence-electron chi connectivity index (χ0n) is 18.8. The summed E-state index contributed by atoms with van der Waals surface area (Å²) in [5.41, 5.74) is 1.75. The Morgan fingerprint density at radius 1 is 0.889 bits per heavy atom. The number of hydrogen-bond donors (Lipinski definition) is 0. The average molecular weight is 375 g/mol. The maximum atomic E-state index is 6.32. The molecule has 0 aliphatic heterocycles. The second kappa shape index (κ2) is 9.96. The fourth-order valence-electron chi connectivity index (χ4n) is 4.04. The lowest BCUT2D eigenvalue weighted by Crippen LogP contribution is -2.32. The van der Waals surface area contributed by atoms with Crippen molar-refractivity contribution < 1.29 is 9.47 Å². The van der Waals surface area contributed by atoms with E-state index >= 15 is 0 Å².